The number of unbranched alkanes of at least 4 members (excludes halogenated alkanes) is 2. The van der Waals surface area contributed by atoms with E-state index in [0.29, 0.717) is 6.42 Å². The molecule has 15 heavy (non-hydrogen) atoms. The SMILES string of the molecule is CCCCCC(C)C(C(=O)O)C(=O)O.[NaH]. The van der Waals surface area contributed by atoms with Crippen molar-refractivity contribution < 1.29 is 19.8 Å². The molecule has 0 aliphatic carbocycles. The molecule has 0 aliphatic rings. The van der Waals surface area contributed by atoms with Gasteiger partial charge in [0.15, 0.2) is 5.92 Å². The molecule has 0 aromatic rings. The van der Waals surface area contributed by atoms with E-state index in [1.807, 2.05) is 0 Å². The van der Waals surface area contributed by atoms with Gasteiger partial charge in [-0.05, 0) is 12.3 Å². The summed E-state index contributed by atoms with van der Waals surface area (Å²) in [4.78, 5) is 21.3. The fourth-order valence-electron chi connectivity index (χ4n) is 1.48. The molecule has 0 spiro atoms. The summed E-state index contributed by atoms with van der Waals surface area (Å²) in [6.45, 7) is 3.74. The summed E-state index contributed by atoms with van der Waals surface area (Å²) in [5, 5.41) is 17.4. The Morgan fingerprint density at radius 2 is 1.60 bits per heavy atom. The van der Waals surface area contributed by atoms with Crippen LogP contribution in [0.15, 0.2) is 0 Å². The normalized spacial score (nSPS) is 11.9. The van der Waals surface area contributed by atoms with Crippen molar-refractivity contribution in [1.82, 2.24) is 0 Å². The number of carbonyl (C=O) groups is 2. The van der Waals surface area contributed by atoms with Crippen LogP contribution in [0.2, 0.25) is 0 Å². The summed E-state index contributed by atoms with van der Waals surface area (Å²) in [5.74, 6) is -4.02. The zero-order valence-corrected chi connectivity index (χ0v) is 8.69. The van der Waals surface area contributed by atoms with Gasteiger partial charge in [-0.1, -0.05) is 33.1 Å². The Kier molecular flexibility index (Phi) is 10.6. The van der Waals surface area contributed by atoms with E-state index in [0.717, 1.165) is 19.3 Å². The van der Waals surface area contributed by atoms with Gasteiger partial charge < -0.3 is 10.2 Å². The Balaban J connectivity index is 0. The molecule has 84 valence electrons. The van der Waals surface area contributed by atoms with Gasteiger partial charge in [0.1, 0.15) is 0 Å². The monoisotopic (exact) mass is 226 g/mol. The summed E-state index contributed by atoms with van der Waals surface area (Å²) in [7, 11) is 0. The molecule has 0 heterocycles. The summed E-state index contributed by atoms with van der Waals surface area (Å²) >= 11 is 0. The number of rotatable bonds is 7. The van der Waals surface area contributed by atoms with Gasteiger partial charge in [0.25, 0.3) is 0 Å². The number of hydrogen-bond donors (Lipinski definition) is 2. The van der Waals surface area contributed by atoms with Crippen molar-refractivity contribution in [2.75, 3.05) is 0 Å². The van der Waals surface area contributed by atoms with Crippen LogP contribution < -0.4 is 0 Å². The van der Waals surface area contributed by atoms with Gasteiger partial charge in [-0.15, -0.1) is 0 Å². The molecule has 2 N–H and O–H groups in total. The zero-order valence-electron chi connectivity index (χ0n) is 8.69. The van der Waals surface area contributed by atoms with Crippen LogP contribution in [0.25, 0.3) is 0 Å². The molecule has 4 nitrogen and oxygen atoms in total. The molecule has 0 aliphatic heterocycles. The molecule has 5 heteroatoms. The minimum absolute atomic E-state index is 0. The van der Waals surface area contributed by atoms with Crippen molar-refractivity contribution in [3.63, 3.8) is 0 Å². The molecule has 0 saturated carbocycles. The number of carboxylic acid groups (broad SMARTS) is 2. The van der Waals surface area contributed by atoms with Crippen molar-refractivity contribution in [1.29, 1.82) is 0 Å². The second-order valence-electron chi connectivity index (χ2n) is 3.63. The average molecular weight is 226 g/mol. The fraction of sp³-hybridized carbons (Fsp3) is 0.800. The third kappa shape index (κ3) is 6.93. The van der Waals surface area contributed by atoms with Crippen molar-refractivity contribution in [2.24, 2.45) is 11.8 Å². The van der Waals surface area contributed by atoms with Crippen molar-refractivity contribution in [2.45, 2.75) is 39.5 Å². The molecular weight excluding hydrogens is 207 g/mol. The van der Waals surface area contributed by atoms with E-state index in [1.54, 1.807) is 6.92 Å². The molecule has 0 saturated heterocycles. The van der Waals surface area contributed by atoms with Crippen molar-refractivity contribution >= 4 is 41.5 Å². The number of hydrogen-bond acceptors (Lipinski definition) is 2. The van der Waals surface area contributed by atoms with Crippen LogP contribution in [0.4, 0.5) is 0 Å². The molecule has 0 aromatic heterocycles. The summed E-state index contributed by atoms with van der Waals surface area (Å²) < 4.78 is 0. The minimum atomic E-state index is -1.26. The van der Waals surface area contributed by atoms with E-state index in [9.17, 15) is 9.59 Å². The van der Waals surface area contributed by atoms with Gasteiger partial charge in [0.2, 0.25) is 0 Å². The quantitative estimate of drug-likeness (QED) is 0.390. The Morgan fingerprint density at radius 1 is 1.13 bits per heavy atom. The van der Waals surface area contributed by atoms with Crippen LogP contribution in [0, 0.1) is 11.8 Å². The van der Waals surface area contributed by atoms with E-state index in [1.165, 1.54) is 0 Å². The van der Waals surface area contributed by atoms with Gasteiger partial charge in [-0.25, -0.2) is 0 Å². The van der Waals surface area contributed by atoms with Crippen LogP contribution in [0.3, 0.4) is 0 Å². The standard InChI is InChI=1S/C10H18O4.Na.H/c1-3-4-5-6-7(2)8(9(11)12)10(13)14;;/h7-8H,3-6H2,1-2H3,(H,11,12)(H,13,14);;. The molecule has 0 rings (SSSR count). The number of carboxylic acids is 2. The van der Waals surface area contributed by atoms with Gasteiger partial charge in [0.05, 0.1) is 0 Å². The molecular formula is C10H19NaO4. The van der Waals surface area contributed by atoms with E-state index in [-0.39, 0.29) is 35.5 Å². The first kappa shape index (κ1) is 17.3. The van der Waals surface area contributed by atoms with Crippen LogP contribution in [0.1, 0.15) is 39.5 Å². The summed E-state index contributed by atoms with van der Waals surface area (Å²) in [6, 6.07) is 0. The van der Waals surface area contributed by atoms with Crippen molar-refractivity contribution in [3.05, 3.63) is 0 Å². The Morgan fingerprint density at radius 3 is 1.93 bits per heavy atom. The molecule has 0 aromatic carbocycles. The number of aliphatic carboxylic acids is 2. The molecule has 0 amide bonds. The molecule has 0 fully saturated rings. The Bertz CT molecular complexity index is 192. The van der Waals surface area contributed by atoms with Gasteiger partial charge >= 0.3 is 41.5 Å². The predicted octanol–water partition coefficient (Wildman–Crippen LogP) is 1.34. The van der Waals surface area contributed by atoms with E-state index in [4.69, 9.17) is 10.2 Å². The first-order valence-corrected chi connectivity index (χ1v) is 4.96. The van der Waals surface area contributed by atoms with Gasteiger partial charge in [-0.3, -0.25) is 9.59 Å². The molecule has 1 atom stereocenters. The van der Waals surface area contributed by atoms with E-state index < -0.39 is 17.9 Å². The van der Waals surface area contributed by atoms with E-state index >= 15 is 0 Å². The van der Waals surface area contributed by atoms with Crippen LogP contribution in [-0.4, -0.2) is 51.7 Å². The molecule has 0 radical (unpaired) electrons. The third-order valence-electron chi connectivity index (χ3n) is 2.36. The van der Waals surface area contributed by atoms with Gasteiger partial charge in [0, 0.05) is 0 Å². The molecule has 1 unspecified atom stereocenters. The zero-order chi connectivity index (χ0) is 11.1. The first-order valence-electron chi connectivity index (χ1n) is 4.96. The second kappa shape index (κ2) is 9.19. The van der Waals surface area contributed by atoms with Crippen LogP contribution in [-0.2, 0) is 9.59 Å². The maximum absolute atomic E-state index is 10.6. The fourth-order valence-corrected chi connectivity index (χ4v) is 1.48. The third-order valence-corrected chi connectivity index (χ3v) is 2.36. The average Bonchev–Trinajstić information content (AvgIpc) is 2.03. The van der Waals surface area contributed by atoms with E-state index in [2.05, 4.69) is 6.92 Å². The van der Waals surface area contributed by atoms with Crippen molar-refractivity contribution in [3.8, 4) is 0 Å². The predicted molar refractivity (Wildman–Crippen MR) is 59.2 cm³/mol. The van der Waals surface area contributed by atoms with Gasteiger partial charge in [-0.2, -0.15) is 0 Å². The molecule has 0 bridgehead atoms. The summed E-state index contributed by atoms with van der Waals surface area (Å²) in [5.41, 5.74) is 0. The first-order chi connectivity index (χ1) is 6.50. The Labute approximate surface area is 112 Å². The second-order valence-corrected chi connectivity index (χ2v) is 3.63. The Hall–Kier alpha value is -0.0600. The van der Waals surface area contributed by atoms with Crippen LogP contribution in [0.5, 0.6) is 0 Å². The van der Waals surface area contributed by atoms with Crippen LogP contribution >= 0.6 is 0 Å². The summed E-state index contributed by atoms with van der Waals surface area (Å²) in [6.07, 6.45) is 3.64. The maximum atomic E-state index is 10.6. The topological polar surface area (TPSA) is 74.6 Å².